The van der Waals surface area contributed by atoms with Crippen molar-refractivity contribution >= 4 is 17.7 Å². The van der Waals surface area contributed by atoms with Crippen molar-refractivity contribution in [3.63, 3.8) is 0 Å². The number of para-hydroxylation sites is 1. The first-order valence-corrected chi connectivity index (χ1v) is 9.07. The summed E-state index contributed by atoms with van der Waals surface area (Å²) in [5.41, 5.74) is 3.74. The molecule has 3 aromatic rings. The Morgan fingerprint density at radius 1 is 0.893 bits per heavy atom. The van der Waals surface area contributed by atoms with Crippen molar-refractivity contribution in [3.8, 4) is 5.75 Å². The smallest absolute Gasteiger partial charge is 0.248 e. The molecular formula is C24H23NO3. The zero-order valence-electron chi connectivity index (χ0n) is 15.8. The molecule has 0 aliphatic heterocycles. The Balaban J connectivity index is 1.54. The summed E-state index contributed by atoms with van der Waals surface area (Å²) in [6.07, 6.45) is 3.29. The number of rotatable bonds is 8. The minimum Gasteiger partial charge on any atom is -0.489 e. The lowest BCUT2D eigenvalue weighted by molar-refractivity contribution is -0.111. The third-order valence-electron chi connectivity index (χ3n) is 4.13. The molecule has 0 aliphatic carbocycles. The van der Waals surface area contributed by atoms with Crippen LogP contribution in [0.25, 0.3) is 6.08 Å². The highest BCUT2D eigenvalue weighted by atomic mass is 16.5. The fourth-order valence-electron chi connectivity index (χ4n) is 2.69. The second kappa shape index (κ2) is 10.1. The number of ether oxygens (including phenoxy) is 2. The second-order valence-corrected chi connectivity index (χ2v) is 6.26. The lowest BCUT2D eigenvalue weighted by Gasteiger charge is -2.08. The van der Waals surface area contributed by atoms with Gasteiger partial charge in [-0.25, -0.2) is 0 Å². The first kappa shape index (κ1) is 19.4. The first-order valence-electron chi connectivity index (χ1n) is 9.07. The molecule has 28 heavy (non-hydrogen) atoms. The molecule has 0 fully saturated rings. The van der Waals surface area contributed by atoms with Gasteiger partial charge in [0.15, 0.2) is 0 Å². The van der Waals surface area contributed by atoms with Crippen LogP contribution in [-0.4, -0.2) is 13.0 Å². The summed E-state index contributed by atoms with van der Waals surface area (Å²) >= 11 is 0. The maximum Gasteiger partial charge on any atom is 0.248 e. The van der Waals surface area contributed by atoms with E-state index in [0.29, 0.717) is 13.2 Å². The lowest BCUT2D eigenvalue weighted by atomic mass is 10.2. The first-order chi connectivity index (χ1) is 13.7. The van der Waals surface area contributed by atoms with Crippen LogP contribution < -0.4 is 10.1 Å². The molecule has 0 unspecified atom stereocenters. The lowest BCUT2D eigenvalue weighted by Crippen LogP contribution is -2.10. The van der Waals surface area contributed by atoms with Gasteiger partial charge < -0.3 is 14.8 Å². The SMILES string of the molecule is COCc1ccccc1NC(=O)/C=C/c1ccc(OCc2ccccc2)cc1. The average molecular weight is 373 g/mol. The second-order valence-electron chi connectivity index (χ2n) is 6.26. The predicted molar refractivity (Wildman–Crippen MR) is 112 cm³/mol. The maximum atomic E-state index is 12.2. The van der Waals surface area contributed by atoms with Gasteiger partial charge in [0, 0.05) is 24.4 Å². The largest absolute Gasteiger partial charge is 0.489 e. The third kappa shape index (κ3) is 5.83. The van der Waals surface area contributed by atoms with Gasteiger partial charge in [-0.3, -0.25) is 4.79 Å². The molecule has 0 aromatic heterocycles. The number of hydrogen-bond acceptors (Lipinski definition) is 3. The summed E-state index contributed by atoms with van der Waals surface area (Å²) in [4.78, 5) is 12.2. The number of nitrogens with one attached hydrogen (secondary N) is 1. The summed E-state index contributed by atoms with van der Waals surface area (Å²) < 4.78 is 10.9. The quantitative estimate of drug-likeness (QED) is 0.561. The molecule has 3 rings (SSSR count). The summed E-state index contributed by atoms with van der Waals surface area (Å²) in [7, 11) is 1.63. The molecule has 0 saturated carbocycles. The Morgan fingerprint density at radius 2 is 1.61 bits per heavy atom. The molecule has 1 N–H and O–H groups in total. The van der Waals surface area contributed by atoms with Crippen LogP contribution in [0.2, 0.25) is 0 Å². The monoisotopic (exact) mass is 373 g/mol. The Labute approximate surface area is 165 Å². The van der Waals surface area contributed by atoms with Crippen molar-refractivity contribution in [1.29, 1.82) is 0 Å². The van der Waals surface area contributed by atoms with Crippen molar-refractivity contribution in [3.05, 3.63) is 102 Å². The zero-order valence-corrected chi connectivity index (χ0v) is 15.8. The molecule has 1 amide bonds. The van der Waals surface area contributed by atoms with Crippen molar-refractivity contribution < 1.29 is 14.3 Å². The van der Waals surface area contributed by atoms with E-state index in [0.717, 1.165) is 28.1 Å². The Bertz CT molecular complexity index is 918. The van der Waals surface area contributed by atoms with Gasteiger partial charge in [-0.1, -0.05) is 60.7 Å². The van der Waals surface area contributed by atoms with E-state index in [9.17, 15) is 4.79 Å². The predicted octanol–water partition coefficient (Wildman–Crippen LogP) is 5.06. The van der Waals surface area contributed by atoms with Crippen molar-refractivity contribution in [2.75, 3.05) is 12.4 Å². The number of anilines is 1. The van der Waals surface area contributed by atoms with Crippen LogP contribution in [0.5, 0.6) is 5.75 Å². The van der Waals surface area contributed by atoms with Crippen molar-refractivity contribution in [2.24, 2.45) is 0 Å². The summed E-state index contributed by atoms with van der Waals surface area (Å²) in [6.45, 7) is 0.976. The molecule has 0 radical (unpaired) electrons. The minimum absolute atomic E-state index is 0.187. The minimum atomic E-state index is -0.187. The number of benzene rings is 3. The number of amides is 1. The van der Waals surface area contributed by atoms with E-state index in [1.807, 2.05) is 78.9 Å². The number of carbonyl (C=O) groups excluding carboxylic acids is 1. The van der Waals surface area contributed by atoms with Crippen molar-refractivity contribution in [2.45, 2.75) is 13.2 Å². The van der Waals surface area contributed by atoms with Crippen LogP contribution in [0.4, 0.5) is 5.69 Å². The highest BCUT2D eigenvalue weighted by Gasteiger charge is 2.04. The Kier molecular flexibility index (Phi) is 6.99. The third-order valence-corrected chi connectivity index (χ3v) is 4.13. The van der Waals surface area contributed by atoms with Crippen molar-refractivity contribution in [1.82, 2.24) is 0 Å². The van der Waals surface area contributed by atoms with Gasteiger partial charge >= 0.3 is 0 Å². The van der Waals surface area contributed by atoms with E-state index < -0.39 is 0 Å². The number of methoxy groups -OCH3 is 1. The summed E-state index contributed by atoms with van der Waals surface area (Å²) in [5, 5.41) is 2.89. The highest BCUT2D eigenvalue weighted by molar-refractivity contribution is 6.02. The normalized spacial score (nSPS) is 10.8. The van der Waals surface area contributed by atoms with Gasteiger partial charge in [0.2, 0.25) is 5.91 Å². The van der Waals surface area contributed by atoms with Crippen LogP contribution >= 0.6 is 0 Å². The van der Waals surface area contributed by atoms with Gasteiger partial charge in [-0.2, -0.15) is 0 Å². The Hall–Kier alpha value is -3.37. The number of carbonyl (C=O) groups is 1. The summed E-state index contributed by atoms with van der Waals surface area (Å²) in [6, 6.07) is 25.2. The fraction of sp³-hybridized carbons (Fsp3) is 0.125. The van der Waals surface area contributed by atoms with Gasteiger partial charge in [0.05, 0.1) is 6.61 Å². The van der Waals surface area contributed by atoms with Gasteiger partial charge in [-0.05, 0) is 35.4 Å². The van der Waals surface area contributed by atoms with Crippen LogP contribution in [-0.2, 0) is 22.7 Å². The topological polar surface area (TPSA) is 47.6 Å². The zero-order chi connectivity index (χ0) is 19.6. The molecule has 0 atom stereocenters. The molecule has 0 bridgehead atoms. The molecule has 0 heterocycles. The standard InChI is InChI=1S/C24H23NO3/c1-27-18-21-9-5-6-10-23(21)25-24(26)16-13-19-11-14-22(15-12-19)28-17-20-7-3-2-4-8-20/h2-16H,17-18H2,1H3,(H,25,26)/b16-13+. The fourth-order valence-corrected chi connectivity index (χ4v) is 2.69. The van der Waals surface area contributed by atoms with Crippen LogP contribution in [0.3, 0.4) is 0 Å². The maximum absolute atomic E-state index is 12.2. The van der Waals surface area contributed by atoms with E-state index in [2.05, 4.69) is 5.32 Å². The van der Waals surface area contributed by atoms with Crippen LogP contribution in [0.15, 0.2) is 84.9 Å². The van der Waals surface area contributed by atoms with E-state index >= 15 is 0 Å². The molecule has 0 saturated heterocycles. The molecule has 0 aliphatic rings. The molecule has 3 aromatic carbocycles. The van der Waals surface area contributed by atoms with E-state index in [1.54, 1.807) is 13.2 Å². The highest BCUT2D eigenvalue weighted by Crippen LogP contribution is 2.17. The molecular weight excluding hydrogens is 350 g/mol. The molecule has 0 spiro atoms. The average Bonchev–Trinajstić information content (AvgIpc) is 2.74. The number of hydrogen-bond donors (Lipinski definition) is 1. The molecule has 142 valence electrons. The van der Waals surface area contributed by atoms with Crippen LogP contribution in [0, 0.1) is 0 Å². The molecule has 4 nitrogen and oxygen atoms in total. The molecule has 4 heteroatoms. The van der Waals surface area contributed by atoms with Gasteiger partial charge in [0.25, 0.3) is 0 Å². The van der Waals surface area contributed by atoms with E-state index in [1.165, 1.54) is 6.08 Å². The van der Waals surface area contributed by atoms with E-state index in [4.69, 9.17) is 9.47 Å². The van der Waals surface area contributed by atoms with Gasteiger partial charge in [-0.15, -0.1) is 0 Å². The summed E-state index contributed by atoms with van der Waals surface area (Å²) in [5.74, 6) is 0.604. The van der Waals surface area contributed by atoms with Gasteiger partial charge in [0.1, 0.15) is 12.4 Å². The Morgan fingerprint density at radius 3 is 2.36 bits per heavy atom. The van der Waals surface area contributed by atoms with E-state index in [-0.39, 0.29) is 5.91 Å². The van der Waals surface area contributed by atoms with Crippen LogP contribution in [0.1, 0.15) is 16.7 Å².